The van der Waals surface area contributed by atoms with Gasteiger partial charge >= 0.3 is 5.97 Å². The third-order valence-corrected chi connectivity index (χ3v) is 2.73. The van der Waals surface area contributed by atoms with Crippen LogP contribution in [-0.2, 0) is 4.79 Å². The van der Waals surface area contributed by atoms with E-state index in [9.17, 15) is 4.79 Å². The molecule has 0 heterocycles. The molecule has 0 fully saturated rings. The van der Waals surface area contributed by atoms with Crippen LogP contribution in [0.15, 0.2) is 18.2 Å². The van der Waals surface area contributed by atoms with Gasteiger partial charge in [0.05, 0.1) is 6.42 Å². The van der Waals surface area contributed by atoms with Crippen LogP contribution in [0.5, 0.6) is 0 Å². The minimum atomic E-state index is -0.807. The molecule has 0 bridgehead atoms. The van der Waals surface area contributed by atoms with Crippen molar-refractivity contribution in [2.24, 2.45) is 5.73 Å². The van der Waals surface area contributed by atoms with E-state index in [0.717, 1.165) is 11.3 Å². The predicted molar refractivity (Wildman–Crippen MR) is 69.7 cm³/mol. The normalized spacial score (nSPS) is 10.3. The summed E-state index contributed by atoms with van der Waals surface area (Å²) in [6, 6.07) is 5.56. The van der Waals surface area contributed by atoms with Crippen LogP contribution in [-0.4, -0.2) is 30.7 Å². The first-order valence-electron chi connectivity index (χ1n) is 5.47. The molecule has 1 aromatic carbocycles. The summed E-state index contributed by atoms with van der Waals surface area (Å²) in [5, 5.41) is 9.39. The monoisotopic (exact) mass is 256 g/mol. The summed E-state index contributed by atoms with van der Waals surface area (Å²) < 4.78 is 0. The number of nitrogens with two attached hydrogens (primary N) is 1. The number of benzene rings is 1. The fourth-order valence-corrected chi connectivity index (χ4v) is 1.94. The van der Waals surface area contributed by atoms with Gasteiger partial charge in [-0.05, 0) is 30.7 Å². The average Bonchev–Trinajstić information content (AvgIpc) is 2.24. The van der Waals surface area contributed by atoms with Gasteiger partial charge in [0.1, 0.15) is 0 Å². The number of carboxylic acids is 1. The third-order valence-electron chi connectivity index (χ3n) is 2.49. The van der Waals surface area contributed by atoms with E-state index in [2.05, 4.69) is 0 Å². The van der Waals surface area contributed by atoms with Crippen molar-refractivity contribution in [2.45, 2.75) is 13.3 Å². The molecule has 0 unspecified atom stereocenters. The highest BCUT2D eigenvalue weighted by atomic mass is 35.5. The lowest BCUT2D eigenvalue weighted by Gasteiger charge is -2.25. The maximum atomic E-state index is 10.6. The van der Waals surface area contributed by atoms with Crippen molar-refractivity contribution >= 4 is 23.3 Å². The third kappa shape index (κ3) is 4.24. The van der Waals surface area contributed by atoms with Crippen LogP contribution in [0, 0.1) is 6.92 Å². The highest BCUT2D eigenvalue weighted by molar-refractivity contribution is 6.30. The Labute approximate surface area is 106 Å². The van der Waals surface area contributed by atoms with Gasteiger partial charge in [-0.2, -0.15) is 0 Å². The molecule has 5 heteroatoms. The second kappa shape index (κ2) is 6.47. The Balaban J connectivity index is 2.84. The number of hydrogen-bond donors (Lipinski definition) is 2. The van der Waals surface area contributed by atoms with E-state index in [4.69, 9.17) is 22.4 Å². The molecule has 0 aliphatic rings. The molecule has 1 rings (SSSR count). The van der Waals surface area contributed by atoms with E-state index in [1.165, 1.54) is 0 Å². The molecule has 0 aliphatic carbocycles. The van der Waals surface area contributed by atoms with Crippen LogP contribution in [0.1, 0.15) is 12.0 Å². The van der Waals surface area contributed by atoms with Crippen molar-refractivity contribution in [3.63, 3.8) is 0 Å². The first-order chi connectivity index (χ1) is 8.04. The van der Waals surface area contributed by atoms with Crippen LogP contribution >= 0.6 is 11.6 Å². The van der Waals surface area contributed by atoms with Crippen LogP contribution in [0.25, 0.3) is 0 Å². The zero-order valence-electron chi connectivity index (χ0n) is 9.82. The average molecular weight is 257 g/mol. The summed E-state index contributed by atoms with van der Waals surface area (Å²) in [5.41, 5.74) is 7.55. The fraction of sp³-hybridized carbons (Fsp3) is 0.417. The molecular weight excluding hydrogens is 240 g/mol. The minimum absolute atomic E-state index is 0.0993. The quantitative estimate of drug-likeness (QED) is 0.816. The fourth-order valence-electron chi connectivity index (χ4n) is 1.71. The number of rotatable bonds is 6. The Bertz CT molecular complexity index is 396. The summed E-state index contributed by atoms with van der Waals surface area (Å²) in [7, 11) is 0. The molecule has 17 heavy (non-hydrogen) atoms. The lowest BCUT2D eigenvalue weighted by Crippen LogP contribution is -2.32. The number of carboxylic acid groups (broad SMARTS) is 1. The molecule has 0 amide bonds. The van der Waals surface area contributed by atoms with Gasteiger partial charge in [-0.1, -0.05) is 11.6 Å². The molecule has 3 N–H and O–H groups in total. The Morgan fingerprint density at radius 2 is 2.18 bits per heavy atom. The summed E-state index contributed by atoms with van der Waals surface area (Å²) in [5.74, 6) is -0.807. The molecule has 0 spiro atoms. The van der Waals surface area contributed by atoms with Crippen LogP contribution in [0.4, 0.5) is 5.69 Å². The molecule has 94 valence electrons. The van der Waals surface area contributed by atoms with Gasteiger partial charge in [0, 0.05) is 30.3 Å². The Morgan fingerprint density at radius 1 is 1.47 bits per heavy atom. The van der Waals surface area contributed by atoms with E-state index >= 15 is 0 Å². The Kier molecular flexibility index (Phi) is 5.25. The standard InChI is InChI=1S/C12H17ClN2O2/c1-9-8-10(13)2-3-11(9)15(7-5-14)6-4-12(16)17/h2-3,8H,4-7,14H2,1H3,(H,16,17). The molecule has 0 aromatic heterocycles. The maximum Gasteiger partial charge on any atom is 0.305 e. The molecule has 1 aromatic rings. The second-order valence-corrected chi connectivity index (χ2v) is 4.29. The molecule has 0 aliphatic heterocycles. The highest BCUT2D eigenvalue weighted by Crippen LogP contribution is 2.23. The van der Waals surface area contributed by atoms with Gasteiger partial charge in [-0.3, -0.25) is 4.79 Å². The van der Waals surface area contributed by atoms with Gasteiger partial charge < -0.3 is 15.7 Å². The molecule has 0 saturated heterocycles. The molecule has 4 nitrogen and oxygen atoms in total. The predicted octanol–water partition coefficient (Wildman–Crippen LogP) is 1.89. The number of aryl methyl sites for hydroxylation is 1. The summed E-state index contributed by atoms with van der Waals surface area (Å²) in [6.07, 6.45) is 0.0993. The summed E-state index contributed by atoms with van der Waals surface area (Å²) in [4.78, 5) is 12.6. The number of aliphatic carboxylic acids is 1. The zero-order valence-corrected chi connectivity index (χ0v) is 10.6. The second-order valence-electron chi connectivity index (χ2n) is 3.85. The maximum absolute atomic E-state index is 10.6. The number of nitrogens with zero attached hydrogens (tertiary/aromatic N) is 1. The zero-order chi connectivity index (χ0) is 12.8. The van der Waals surface area contributed by atoms with Gasteiger partial charge in [0.15, 0.2) is 0 Å². The molecule has 0 saturated carbocycles. The van der Waals surface area contributed by atoms with Crippen molar-refractivity contribution in [1.29, 1.82) is 0 Å². The van der Waals surface area contributed by atoms with E-state index in [1.54, 1.807) is 6.07 Å². The molecular formula is C12H17ClN2O2. The van der Waals surface area contributed by atoms with Crippen molar-refractivity contribution in [1.82, 2.24) is 0 Å². The summed E-state index contributed by atoms with van der Waals surface area (Å²) >= 11 is 5.89. The van der Waals surface area contributed by atoms with E-state index in [0.29, 0.717) is 24.7 Å². The van der Waals surface area contributed by atoms with E-state index < -0.39 is 5.97 Å². The first kappa shape index (κ1) is 13.8. The summed E-state index contributed by atoms with van der Waals surface area (Å²) in [6.45, 7) is 3.53. The smallest absolute Gasteiger partial charge is 0.305 e. The Hall–Kier alpha value is -1.26. The molecule has 0 atom stereocenters. The number of carbonyl (C=O) groups is 1. The van der Waals surface area contributed by atoms with Crippen molar-refractivity contribution in [3.8, 4) is 0 Å². The Morgan fingerprint density at radius 3 is 2.71 bits per heavy atom. The van der Waals surface area contributed by atoms with Crippen molar-refractivity contribution < 1.29 is 9.90 Å². The lowest BCUT2D eigenvalue weighted by atomic mass is 10.1. The van der Waals surface area contributed by atoms with Crippen LogP contribution < -0.4 is 10.6 Å². The first-order valence-corrected chi connectivity index (χ1v) is 5.85. The number of halogens is 1. The van der Waals surface area contributed by atoms with E-state index in [-0.39, 0.29) is 6.42 Å². The lowest BCUT2D eigenvalue weighted by molar-refractivity contribution is -0.136. The number of hydrogen-bond acceptors (Lipinski definition) is 3. The van der Waals surface area contributed by atoms with Gasteiger partial charge in [0.2, 0.25) is 0 Å². The topological polar surface area (TPSA) is 66.6 Å². The largest absolute Gasteiger partial charge is 0.481 e. The number of anilines is 1. The minimum Gasteiger partial charge on any atom is -0.481 e. The van der Waals surface area contributed by atoms with Crippen molar-refractivity contribution in [3.05, 3.63) is 28.8 Å². The van der Waals surface area contributed by atoms with E-state index in [1.807, 2.05) is 24.0 Å². The SMILES string of the molecule is Cc1cc(Cl)ccc1N(CCN)CCC(=O)O. The van der Waals surface area contributed by atoms with Crippen molar-refractivity contribution in [2.75, 3.05) is 24.5 Å². The highest BCUT2D eigenvalue weighted by Gasteiger charge is 2.10. The van der Waals surface area contributed by atoms with Crippen LogP contribution in [0.3, 0.4) is 0 Å². The van der Waals surface area contributed by atoms with Gasteiger partial charge in [-0.15, -0.1) is 0 Å². The van der Waals surface area contributed by atoms with Crippen LogP contribution in [0.2, 0.25) is 5.02 Å². The van der Waals surface area contributed by atoms with Gasteiger partial charge in [0.25, 0.3) is 0 Å². The van der Waals surface area contributed by atoms with Gasteiger partial charge in [-0.25, -0.2) is 0 Å². The molecule has 0 radical (unpaired) electrons.